The third kappa shape index (κ3) is 8.17. The second-order valence-corrected chi connectivity index (χ2v) is 9.98. The lowest BCUT2D eigenvalue weighted by Gasteiger charge is -2.15. The molecule has 0 radical (unpaired) electrons. The van der Waals surface area contributed by atoms with Crippen LogP contribution in [0.5, 0.6) is 23.0 Å². The Kier molecular flexibility index (Phi) is 10.1. The maximum Gasteiger partial charge on any atom is 0.247 e. The summed E-state index contributed by atoms with van der Waals surface area (Å²) in [7, 11) is 0. The Morgan fingerprint density at radius 3 is 2.24 bits per heavy atom. The van der Waals surface area contributed by atoms with E-state index in [4.69, 9.17) is 15.2 Å². The Morgan fingerprint density at radius 1 is 0.951 bits per heavy atom. The van der Waals surface area contributed by atoms with E-state index in [0.717, 1.165) is 11.8 Å². The Balaban J connectivity index is 1.56. The van der Waals surface area contributed by atoms with Gasteiger partial charge in [0.2, 0.25) is 11.0 Å². The van der Waals surface area contributed by atoms with Crippen LogP contribution in [0.15, 0.2) is 95.5 Å². The van der Waals surface area contributed by atoms with Crippen LogP contribution in [0.2, 0.25) is 0 Å². The van der Waals surface area contributed by atoms with Crippen LogP contribution in [0.1, 0.15) is 35.1 Å². The number of nitrogens with one attached hydrogen (secondary N) is 1. The molecular weight excluding hydrogens is 540 g/mol. The third-order valence-corrected chi connectivity index (χ3v) is 7.06. The Labute approximate surface area is 242 Å². The van der Waals surface area contributed by atoms with Gasteiger partial charge in [-0.15, -0.1) is 0 Å². The molecule has 4 rings (SSSR count). The fourth-order valence-electron chi connectivity index (χ4n) is 3.73. The number of carbonyl (C=O) groups excluding carboxylic acids is 2. The summed E-state index contributed by atoms with van der Waals surface area (Å²) in [4.78, 5) is 35.2. The van der Waals surface area contributed by atoms with E-state index in [1.165, 1.54) is 0 Å². The number of aliphatic hydroxyl groups is 1. The minimum Gasteiger partial charge on any atom is -0.457 e. The molecule has 10 heteroatoms. The monoisotopic (exact) mass is 570 g/mol. The van der Waals surface area contributed by atoms with E-state index in [1.54, 1.807) is 50.4 Å². The standard InChI is InChI=1S/C31H30N4O5S/c1-20(30(37)34-19-22-18-33-21(2)35-29(22)32)28(15-16-36)41-31(38)26-14-13-25(39-23-9-5-3-6-10-23)17-27(26)40-24-11-7-4-8-12-24/h3-14,17-18,36H,15-16,19H2,1-2H3,(H,34,37)(H2,32,33,35)/b28-20-. The minimum atomic E-state index is -0.402. The SMILES string of the molecule is C/C(C(=O)NCc1cnc(C)nc1N)=C(\CCO)SC(=O)c1ccc(Oc2ccccc2)cc1Oc1ccccc1. The minimum absolute atomic E-state index is 0.116. The molecule has 0 aliphatic rings. The highest BCUT2D eigenvalue weighted by atomic mass is 32.2. The van der Waals surface area contributed by atoms with Gasteiger partial charge >= 0.3 is 0 Å². The number of aromatic nitrogens is 2. The lowest BCUT2D eigenvalue weighted by atomic mass is 10.2. The molecule has 3 aromatic carbocycles. The molecule has 4 aromatic rings. The molecule has 0 atom stereocenters. The predicted molar refractivity (Wildman–Crippen MR) is 159 cm³/mol. The van der Waals surface area contributed by atoms with Crippen molar-refractivity contribution in [3.63, 3.8) is 0 Å². The number of carbonyl (C=O) groups is 2. The summed E-state index contributed by atoms with van der Waals surface area (Å²) in [6, 6.07) is 23.3. The summed E-state index contributed by atoms with van der Waals surface area (Å²) in [6.07, 6.45) is 1.68. The van der Waals surface area contributed by atoms with Crippen LogP contribution in [0.3, 0.4) is 0 Å². The summed E-state index contributed by atoms with van der Waals surface area (Å²) < 4.78 is 12.0. The van der Waals surface area contributed by atoms with E-state index in [0.29, 0.717) is 44.9 Å². The number of aryl methyl sites for hydroxylation is 1. The van der Waals surface area contributed by atoms with Gasteiger partial charge in [-0.25, -0.2) is 9.97 Å². The highest BCUT2D eigenvalue weighted by molar-refractivity contribution is 8.17. The van der Waals surface area contributed by atoms with Gasteiger partial charge in [-0.05, 0) is 50.2 Å². The maximum absolute atomic E-state index is 13.6. The van der Waals surface area contributed by atoms with Crippen molar-refractivity contribution in [2.45, 2.75) is 26.8 Å². The number of amides is 1. The van der Waals surface area contributed by atoms with Gasteiger partial charge in [0.1, 0.15) is 34.6 Å². The number of nitrogens with zero attached hydrogens (tertiary/aromatic N) is 2. The summed E-state index contributed by atoms with van der Waals surface area (Å²) in [6.45, 7) is 3.20. The molecule has 1 heterocycles. The zero-order valence-electron chi connectivity index (χ0n) is 22.7. The van der Waals surface area contributed by atoms with Crippen LogP contribution in [-0.2, 0) is 11.3 Å². The molecule has 0 saturated carbocycles. The summed E-state index contributed by atoms with van der Waals surface area (Å²) in [5.74, 6) is 2.38. The normalized spacial score (nSPS) is 11.4. The molecule has 1 amide bonds. The van der Waals surface area contributed by atoms with Crippen LogP contribution in [0, 0.1) is 6.92 Å². The first kappa shape index (κ1) is 29.3. The fourth-order valence-corrected chi connectivity index (χ4v) is 4.67. The van der Waals surface area contributed by atoms with Crippen LogP contribution < -0.4 is 20.5 Å². The van der Waals surface area contributed by atoms with E-state index in [1.807, 2.05) is 48.5 Å². The molecule has 9 nitrogen and oxygen atoms in total. The van der Waals surface area contributed by atoms with E-state index in [2.05, 4.69) is 15.3 Å². The molecule has 0 unspecified atom stereocenters. The summed E-state index contributed by atoms with van der Waals surface area (Å²) >= 11 is 0.870. The first-order valence-electron chi connectivity index (χ1n) is 12.8. The van der Waals surface area contributed by atoms with Crippen molar-refractivity contribution in [3.8, 4) is 23.0 Å². The number of benzene rings is 3. The molecular formula is C31H30N4O5S. The molecule has 0 saturated heterocycles. The number of rotatable bonds is 11. The summed E-state index contributed by atoms with van der Waals surface area (Å²) in [5.41, 5.74) is 7.09. The van der Waals surface area contributed by atoms with E-state index < -0.39 is 5.91 Å². The number of nitrogens with two attached hydrogens (primary N) is 1. The number of aliphatic hydroxyl groups excluding tert-OH is 1. The molecule has 0 bridgehead atoms. The third-order valence-electron chi connectivity index (χ3n) is 5.89. The van der Waals surface area contributed by atoms with Crippen molar-refractivity contribution in [1.82, 2.24) is 15.3 Å². The van der Waals surface area contributed by atoms with Crippen molar-refractivity contribution in [1.29, 1.82) is 0 Å². The number of anilines is 1. The number of thioether (sulfide) groups is 1. The van der Waals surface area contributed by atoms with E-state index in [9.17, 15) is 14.7 Å². The van der Waals surface area contributed by atoms with Gasteiger partial charge in [0.15, 0.2) is 0 Å². The first-order valence-corrected chi connectivity index (χ1v) is 13.6. The van der Waals surface area contributed by atoms with Crippen molar-refractivity contribution < 1.29 is 24.2 Å². The van der Waals surface area contributed by atoms with Gasteiger partial charge in [0.05, 0.1) is 5.56 Å². The number of hydrogen-bond acceptors (Lipinski definition) is 9. The second-order valence-electron chi connectivity index (χ2n) is 8.91. The zero-order chi connectivity index (χ0) is 29.2. The van der Waals surface area contributed by atoms with Gasteiger partial charge in [0, 0.05) is 47.9 Å². The Hall–Kier alpha value is -4.67. The predicted octanol–water partition coefficient (Wildman–Crippen LogP) is 5.80. The van der Waals surface area contributed by atoms with E-state index >= 15 is 0 Å². The summed E-state index contributed by atoms with van der Waals surface area (Å²) in [5, 5.41) is 12.1. The molecule has 0 spiro atoms. The number of para-hydroxylation sites is 2. The maximum atomic E-state index is 13.6. The molecule has 0 aliphatic carbocycles. The van der Waals surface area contributed by atoms with Crippen molar-refractivity contribution in [3.05, 3.63) is 112 Å². The first-order chi connectivity index (χ1) is 19.8. The molecule has 1 aromatic heterocycles. The van der Waals surface area contributed by atoms with Crippen LogP contribution >= 0.6 is 11.8 Å². The average Bonchev–Trinajstić information content (AvgIpc) is 2.97. The smallest absolute Gasteiger partial charge is 0.247 e. The van der Waals surface area contributed by atoms with Crippen molar-refractivity contribution in [2.75, 3.05) is 12.3 Å². The lowest BCUT2D eigenvalue weighted by Crippen LogP contribution is -2.25. The Morgan fingerprint density at radius 2 is 1.61 bits per heavy atom. The molecule has 4 N–H and O–H groups in total. The number of hydrogen-bond donors (Lipinski definition) is 3. The molecule has 0 fully saturated rings. The van der Waals surface area contributed by atoms with Gasteiger partial charge in [-0.2, -0.15) is 0 Å². The molecule has 210 valence electrons. The van der Waals surface area contributed by atoms with Crippen LogP contribution in [0.4, 0.5) is 5.82 Å². The zero-order valence-corrected chi connectivity index (χ0v) is 23.5. The lowest BCUT2D eigenvalue weighted by molar-refractivity contribution is -0.117. The topological polar surface area (TPSA) is 137 Å². The Bertz CT molecular complexity index is 1550. The molecule has 41 heavy (non-hydrogen) atoms. The second kappa shape index (κ2) is 14.1. The average molecular weight is 571 g/mol. The van der Waals surface area contributed by atoms with Gasteiger partial charge in [-0.3, -0.25) is 9.59 Å². The van der Waals surface area contributed by atoms with Gasteiger partial charge < -0.3 is 25.6 Å². The van der Waals surface area contributed by atoms with Crippen molar-refractivity contribution >= 4 is 28.6 Å². The van der Waals surface area contributed by atoms with Crippen molar-refractivity contribution in [2.24, 2.45) is 0 Å². The van der Waals surface area contributed by atoms with Gasteiger partial charge in [-0.1, -0.05) is 48.2 Å². The van der Waals surface area contributed by atoms with Gasteiger partial charge in [0.25, 0.3) is 0 Å². The highest BCUT2D eigenvalue weighted by Gasteiger charge is 2.21. The fraction of sp³-hybridized carbons (Fsp3) is 0.161. The quantitative estimate of drug-likeness (QED) is 0.191. The number of nitrogen functional groups attached to an aromatic ring is 1. The van der Waals surface area contributed by atoms with E-state index in [-0.39, 0.29) is 36.1 Å². The van der Waals surface area contributed by atoms with Crippen LogP contribution in [0.25, 0.3) is 0 Å². The molecule has 0 aliphatic heterocycles. The highest BCUT2D eigenvalue weighted by Crippen LogP contribution is 2.36. The largest absolute Gasteiger partial charge is 0.457 e. The number of ether oxygens (including phenoxy) is 2. The van der Waals surface area contributed by atoms with Crippen LogP contribution in [-0.4, -0.2) is 32.7 Å².